The highest BCUT2D eigenvalue weighted by Gasteiger charge is 2.12. The number of carbonyl (C=O) groups is 1. The summed E-state index contributed by atoms with van der Waals surface area (Å²) >= 11 is 5.87. The van der Waals surface area contributed by atoms with E-state index in [0.717, 1.165) is 5.69 Å². The summed E-state index contributed by atoms with van der Waals surface area (Å²) in [6, 6.07) is 12.8. The van der Waals surface area contributed by atoms with Gasteiger partial charge in [0.05, 0.1) is 17.9 Å². The van der Waals surface area contributed by atoms with Gasteiger partial charge < -0.3 is 5.32 Å². The number of benzene rings is 1. The summed E-state index contributed by atoms with van der Waals surface area (Å²) in [5.41, 5.74) is 1.51. The fourth-order valence-corrected chi connectivity index (χ4v) is 2.05. The maximum Gasteiger partial charge on any atom is 0.291 e. The lowest BCUT2D eigenvalue weighted by molar-refractivity contribution is 0.0940. The van der Waals surface area contributed by atoms with E-state index < -0.39 is 0 Å². The highest BCUT2D eigenvalue weighted by Crippen LogP contribution is 2.08. The number of amides is 1. The van der Waals surface area contributed by atoms with E-state index >= 15 is 0 Å². The number of aromatic nitrogens is 4. The van der Waals surface area contributed by atoms with Crippen LogP contribution in [-0.4, -0.2) is 25.7 Å². The van der Waals surface area contributed by atoms with Gasteiger partial charge in [-0.3, -0.25) is 9.78 Å². The molecular formula is C15H12ClN5O. The van der Waals surface area contributed by atoms with Crippen molar-refractivity contribution in [1.82, 2.24) is 25.1 Å². The van der Waals surface area contributed by atoms with Gasteiger partial charge >= 0.3 is 0 Å². The third-order valence-electron chi connectivity index (χ3n) is 2.92. The highest BCUT2D eigenvalue weighted by atomic mass is 35.5. The molecule has 2 aromatic heterocycles. The van der Waals surface area contributed by atoms with Gasteiger partial charge in [0, 0.05) is 11.2 Å². The average Bonchev–Trinajstić information content (AvgIpc) is 3.04. The molecule has 110 valence electrons. The molecule has 3 rings (SSSR count). The van der Waals surface area contributed by atoms with E-state index in [2.05, 4.69) is 20.4 Å². The second-order valence-corrected chi connectivity index (χ2v) is 4.93. The monoisotopic (exact) mass is 313 g/mol. The summed E-state index contributed by atoms with van der Waals surface area (Å²) in [7, 11) is 0. The lowest BCUT2D eigenvalue weighted by atomic mass is 10.3. The molecule has 0 aliphatic heterocycles. The van der Waals surface area contributed by atoms with Crippen molar-refractivity contribution in [3.8, 4) is 5.69 Å². The number of pyridine rings is 1. The minimum absolute atomic E-state index is 0.103. The van der Waals surface area contributed by atoms with Crippen molar-refractivity contribution in [1.29, 1.82) is 0 Å². The smallest absolute Gasteiger partial charge is 0.291 e. The standard InChI is InChI=1S/C15H12ClN5O/c16-11-6-7-17-12(8-11)9-18-15(22)14-19-10-21(20-14)13-4-2-1-3-5-13/h1-8,10H,9H2,(H,18,22). The molecule has 0 radical (unpaired) electrons. The zero-order valence-corrected chi connectivity index (χ0v) is 12.2. The number of para-hydroxylation sites is 1. The molecule has 1 aromatic carbocycles. The molecule has 0 saturated heterocycles. The Hall–Kier alpha value is -2.73. The van der Waals surface area contributed by atoms with Crippen molar-refractivity contribution in [2.24, 2.45) is 0 Å². The van der Waals surface area contributed by atoms with Gasteiger partial charge in [-0.05, 0) is 24.3 Å². The molecule has 22 heavy (non-hydrogen) atoms. The molecule has 0 spiro atoms. The van der Waals surface area contributed by atoms with Gasteiger partial charge in [0.15, 0.2) is 0 Å². The van der Waals surface area contributed by atoms with Crippen LogP contribution in [-0.2, 0) is 6.54 Å². The first-order valence-corrected chi connectivity index (χ1v) is 6.96. The molecule has 1 N–H and O–H groups in total. The Morgan fingerprint density at radius 2 is 2.00 bits per heavy atom. The summed E-state index contributed by atoms with van der Waals surface area (Å²) in [5.74, 6) is -0.262. The van der Waals surface area contributed by atoms with Crippen molar-refractivity contribution in [3.63, 3.8) is 0 Å². The number of nitrogens with one attached hydrogen (secondary N) is 1. The summed E-state index contributed by atoms with van der Waals surface area (Å²) in [4.78, 5) is 20.2. The maximum absolute atomic E-state index is 12.0. The van der Waals surface area contributed by atoms with Crippen molar-refractivity contribution in [3.05, 3.63) is 71.5 Å². The SMILES string of the molecule is O=C(NCc1cc(Cl)ccn1)c1ncn(-c2ccccc2)n1. The van der Waals surface area contributed by atoms with E-state index in [-0.39, 0.29) is 18.3 Å². The fourth-order valence-electron chi connectivity index (χ4n) is 1.87. The zero-order valence-electron chi connectivity index (χ0n) is 11.5. The molecule has 0 atom stereocenters. The molecule has 0 saturated carbocycles. The van der Waals surface area contributed by atoms with Crippen LogP contribution in [0, 0.1) is 0 Å². The van der Waals surface area contributed by atoms with Crippen LogP contribution in [0.15, 0.2) is 55.0 Å². The van der Waals surface area contributed by atoms with Crippen LogP contribution in [0.3, 0.4) is 0 Å². The van der Waals surface area contributed by atoms with Crippen molar-refractivity contribution in [2.45, 2.75) is 6.54 Å². The predicted octanol–water partition coefficient (Wildman–Crippen LogP) is 2.25. The molecular weight excluding hydrogens is 302 g/mol. The number of halogens is 1. The van der Waals surface area contributed by atoms with Crippen molar-refractivity contribution in [2.75, 3.05) is 0 Å². The number of rotatable bonds is 4. The number of nitrogens with zero attached hydrogens (tertiary/aromatic N) is 4. The topological polar surface area (TPSA) is 72.7 Å². The Kier molecular flexibility index (Phi) is 4.11. The molecule has 0 fully saturated rings. The van der Waals surface area contributed by atoms with Crippen LogP contribution in [0.2, 0.25) is 5.02 Å². The van der Waals surface area contributed by atoms with Crippen LogP contribution in [0.1, 0.15) is 16.3 Å². The van der Waals surface area contributed by atoms with Crippen molar-refractivity contribution >= 4 is 17.5 Å². The Bertz CT molecular complexity index is 787. The molecule has 0 aliphatic carbocycles. The van der Waals surface area contributed by atoms with E-state index in [4.69, 9.17) is 11.6 Å². The van der Waals surface area contributed by atoms with E-state index in [1.54, 1.807) is 23.0 Å². The van der Waals surface area contributed by atoms with Gasteiger partial charge in [0.25, 0.3) is 5.91 Å². The summed E-state index contributed by atoms with van der Waals surface area (Å²) in [5, 5.41) is 7.44. The van der Waals surface area contributed by atoms with Gasteiger partial charge in [0.1, 0.15) is 6.33 Å². The van der Waals surface area contributed by atoms with E-state index in [0.29, 0.717) is 10.7 Å². The third-order valence-corrected chi connectivity index (χ3v) is 3.16. The first-order chi connectivity index (χ1) is 10.7. The van der Waals surface area contributed by atoms with Crippen LogP contribution in [0.5, 0.6) is 0 Å². The number of hydrogen-bond donors (Lipinski definition) is 1. The van der Waals surface area contributed by atoms with Crippen LogP contribution in [0.4, 0.5) is 0 Å². The minimum Gasteiger partial charge on any atom is -0.344 e. The quantitative estimate of drug-likeness (QED) is 0.802. The Balaban J connectivity index is 1.67. The normalized spacial score (nSPS) is 10.4. The first-order valence-electron chi connectivity index (χ1n) is 6.58. The molecule has 0 aliphatic rings. The van der Waals surface area contributed by atoms with Crippen LogP contribution >= 0.6 is 11.6 Å². The van der Waals surface area contributed by atoms with Gasteiger partial charge in [0.2, 0.25) is 5.82 Å². The second kappa shape index (κ2) is 6.36. The lowest BCUT2D eigenvalue weighted by Crippen LogP contribution is -2.24. The molecule has 6 nitrogen and oxygen atoms in total. The minimum atomic E-state index is -0.364. The molecule has 1 amide bonds. The Morgan fingerprint density at radius 1 is 1.18 bits per heavy atom. The lowest BCUT2D eigenvalue weighted by Gasteiger charge is -2.02. The molecule has 3 aromatic rings. The summed E-state index contributed by atoms with van der Waals surface area (Å²) in [6.45, 7) is 0.263. The fraction of sp³-hybridized carbons (Fsp3) is 0.0667. The van der Waals surface area contributed by atoms with Crippen LogP contribution < -0.4 is 5.32 Å². The Morgan fingerprint density at radius 3 is 2.77 bits per heavy atom. The Labute approximate surface area is 131 Å². The van der Waals surface area contributed by atoms with E-state index in [1.165, 1.54) is 6.33 Å². The predicted molar refractivity (Wildman–Crippen MR) is 81.8 cm³/mol. The molecule has 0 unspecified atom stereocenters. The zero-order chi connectivity index (χ0) is 15.4. The molecule has 0 bridgehead atoms. The summed E-state index contributed by atoms with van der Waals surface area (Å²) < 4.78 is 1.55. The largest absolute Gasteiger partial charge is 0.344 e. The van der Waals surface area contributed by atoms with E-state index in [1.807, 2.05) is 30.3 Å². The second-order valence-electron chi connectivity index (χ2n) is 4.50. The summed E-state index contributed by atoms with van der Waals surface area (Å²) in [6.07, 6.45) is 3.09. The number of carbonyl (C=O) groups excluding carboxylic acids is 1. The molecule has 2 heterocycles. The van der Waals surface area contributed by atoms with E-state index in [9.17, 15) is 4.79 Å². The van der Waals surface area contributed by atoms with Gasteiger partial charge in [-0.1, -0.05) is 29.8 Å². The van der Waals surface area contributed by atoms with Crippen LogP contribution in [0.25, 0.3) is 5.69 Å². The van der Waals surface area contributed by atoms with Gasteiger partial charge in [-0.2, -0.15) is 0 Å². The maximum atomic E-state index is 12.0. The highest BCUT2D eigenvalue weighted by molar-refractivity contribution is 6.30. The molecule has 7 heteroatoms. The van der Waals surface area contributed by atoms with Crippen molar-refractivity contribution < 1.29 is 4.79 Å². The average molecular weight is 314 g/mol. The first kappa shape index (κ1) is 14.2. The third kappa shape index (κ3) is 3.29. The van der Waals surface area contributed by atoms with Gasteiger partial charge in [-0.25, -0.2) is 9.67 Å². The number of hydrogen-bond acceptors (Lipinski definition) is 4. The van der Waals surface area contributed by atoms with Gasteiger partial charge in [-0.15, -0.1) is 5.10 Å².